The molecule has 380 valence electrons. The van der Waals surface area contributed by atoms with Gasteiger partial charge in [-0.3, -0.25) is 14.4 Å². The molecule has 0 saturated heterocycles. The maximum Gasteiger partial charge on any atom is 0.306 e. The molecule has 0 radical (unpaired) electrons. The van der Waals surface area contributed by atoms with E-state index in [9.17, 15) is 14.4 Å². The van der Waals surface area contributed by atoms with Crippen molar-refractivity contribution in [2.24, 2.45) is 0 Å². The summed E-state index contributed by atoms with van der Waals surface area (Å²) in [6.45, 7) is 6.33. The Balaban J connectivity index is 4.53. The Kier molecular flexibility index (Phi) is 51.5. The van der Waals surface area contributed by atoms with Crippen LogP contribution in [-0.2, 0) is 28.6 Å². The van der Waals surface area contributed by atoms with Crippen LogP contribution >= 0.6 is 0 Å². The van der Waals surface area contributed by atoms with Crippen molar-refractivity contribution in [1.29, 1.82) is 0 Å². The summed E-state index contributed by atoms with van der Waals surface area (Å²) in [4.78, 5) is 38.1. The van der Waals surface area contributed by atoms with E-state index in [0.29, 0.717) is 25.7 Å². The summed E-state index contributed by atoms with van der Waals surface area (Å²) in [5.41, 5.74) is 0. The zero-order chi connectivity index (χ0) is 48.6. The number of ether oxygens (including phenoxy) is 3. The van der Waals surface area contributed by atoms with E-state index in [1.807, 2.05) is 0 Å². The third-order valence-electron chi connectivity index (χ3n) is 11.3. The first-order valence-electron chi connectivity index (χ1n) is 27.4. The van der Waals surface area contributed by atoms with E-state index in [2.05, 4.69) is 130 Å². The maximum absolute atomic E-state index is 12.8. The Morgan fingerprint density at radius 3 is 0.970 bits per heavy atom. The fourth-order valence-corrected chi connectivity index (χ4v) is 7.23. The van der Waals surface area contributed by atoms with Crippen LogP contribution < -0.4 is 0 Å². The number of esters is 3. The molecule has 0 bridgehead atoms. The quantitative estimate of drug-likeness (QED) is 0.0262. The summed E-state index contributed by atoms with van der Waals surface area (Å²) in [5.74, 6) is -1.01. The number of carbonyl (C=O) groups excluding carboxylic acids is 3. The molecular formula is C61H100O6. The van der Waals surface area contributed by atoms with E-state index in [0.717, 1.165) is 96.3 Å². The lowest BCUT2D eigenvalue weighted by Crippen LogP contribution is -2.30. The summed E-state index contributed by atoms with van der Waals surface area (Å²) < 4.78 is 16.8. The van der Waals surface area contributed by atoms with Crippen LogP contribution in [-0.4, -0.2) is 37.2 Å². The first kappa shape index (κ1) is 63.1. The summed E-state index contributed by atoms with van der Waals surface area (Å²) in [6.07, 6.45) is 73.7. The lowest BCUT2D eigenvalue weighted by Gasteiger charge is -2.18. The van der Waals surface area contributed by atoms with Gasteiger partial charge in [0, 0.05) is 19.3 Å². The molecule has 0 aliphatic carbocycles. The smallest absolute Gasteiger partial charge is 0.306 e. The van der Waals surface area contributed by atoms with E-state index < -0.39 is 6.10 Å². The standard InChI is InChI=1S/C61H100O6/c1-4-7-10-13-16-19-22-25-28-30-33-36-39-42-45-48-51-54-60(63)66-57-58(56-65-59(62)53-50-47-44-41-38-35-32-27-24-21-18-15-12-9-6-3)67-61(64)55-52-49-46-43-40-37-34-31-29-26-23-20-17-14-11-8-5-2/h7,9-10,12,16,18-19,21,25,27-28,32-33,36,38,41-42,45,58H,4-6,8,11,13-15,17,20,22-24,26,29-31,34-35,37,39-40,43-44,46-57H2,1-3H3/b10-7-,12-9-,19-16-,21-18-,28-25-,32-27-,36-33-,41-38-,45-42-/t58-/m1/s1. The third-order valence-corrected chi connectivity index (χ3v) is 11.3. The SMILES string of the molecule is CC/C=C\C/C=C\C/C=C\C/C=C\C/C=C\CCCC(=O)OC[C@@H](COC(=O)CCCC/C=C\C/C=C\C/C=C\C/C=C\CC)OC(=O)CCCCCCCCCCCCCCCCCCC. The van der Waals surface area contributed by atoms with Crippen molar-refractivity contribution in [3.8, 4) is 0 Å². The van der Waals surface area contributed by atoms with Gasteiger partial charge in [-0.1, -0.05) is 233 Å². The molecule has 0 heterocycles. The van der Waals surface area contributed by atoms with Gasteiger partial charge in [-0.25, -0.2) is 0 Å². The van der Waals surface area contributed by atoms with Crippen molar-refractivity contribution in [2.45, 2.75) is 245 Å². The normalized spacial score (nSPS) is 12.9. The van der Waals surface area contributed by atoms with E-state index in [-0.39, 0.29) is 37.5 Å². The van der Waals surface area contributed by atoms with Crippen LogP contribution in [0, 0.1) is 0 Å². The van der Waals surface area contributed by atoms with Crippen molar-refractivity contribution in [3.63, 3.8) is 0 Å². The van der Waals surface area contributed by atoms with Crippen LogP contribution in [0.3, 0.4) is 0 Å². The molecule has 0 aromatic rings. The first-order valence-corrected chi connectivity index (χ1v) is 27.4. The molecule has 0 unspecified atom stereocenters. The third kappa shape index (κ3) is 52.9. The molecule has 67 heavy (non-hydrogen) atoms. The highest BCUT2D eigenvalue weighted by atomic mass is 16.6. The molecule has 0 rings (SSSR count). The summed E-state index contributed by atoms with van der Waals surface area (Å²) in [6, 6.07) is 0. The number of carbonyl (C=O) groups is 3. The van der Waals surface area contributed by atoms with E-state index in [1.165, 1.54) is 89.9 Å². The molecule has 6 nitrogen and oxygen atoms in total. The van der Waals surface area contributed by atoms with Crippen molar-refractivity contribution in [2.75, 3.05) is 13.2 Å². The Hall–Kier alpha value is -3.93. The van der Waals surface area contributed by atoms with Crippen LogP contribution in [0.25, 0.3) is 0 Å². The van der Waals surface area contributed by atoms with E-state index >= 15 is 0 Å². The fourth-order valence-electron chi connectivity index (χ4n) is 7.23. The minimum Gasteiger partial charge on any atom is -0.462 e. The average molecular weight is 929 g/mol. The van der Waals surface area contributed by atoms with E-state index in [4.69, 9.17) is 14.2 Å². The van der Waals surface area contributed by atoms with Crippen LogP contribution in [0.5, 0.6) is 0 Å². The average Bonchev–Trinajstić information content (AvgIpc) is 3.33. The Bertz CT molecular complexity index is 1390. The summed E-state index contributed by atoms with van der Waals surface area (Å²) in [7, 11) is 0. The number of allylic oxidation sites excluding steroid dienone is 18. The fraction of sp³-hybridized carbons (Fsp3) is 0.656. The molecule has 0 amide bonds. The molecule has 0 fully saturated rings. The molecule has 0 aromatic heterocycles. The van der Waals surface area contributed by atoms with Gasteiger partial charge < -0.3 is 14.2 Å². The number of hydrogen-bond donors (Lipinski definition) is 0. The maximum atomic E-state index is 12.8. The second-order valence-corrected chi connectivity index (χ2v) is 17.7. The second kappa shape index (κ2) is 54.7. The number of unbranched alkanes of at least 4 members (excludes halogenated alkanes) is 19. The zero-order valence-electron chi connectivity index (χ0n) is 43.4. The van der Waals surface area contributed by atoms with Crippen LogP contribution in [0.1, 0.15) is 239 Å². The topological polar surface area (TPSA) is 78.9 Å². The molecular weight excluding hydrogens is 829 g/mol. The largest absolute Gasteiger partial charge is 0.462 e. The van der Waals surface area contributed by atoms with Gasteiger partial charge in [0.1, 0.15) is 13.2 Å². The van der Waals surface area contributed by atoms with Gasteiger partial charge in [-0.2, -0.15) is 0 Å². The Morgan fingerprint density at radius 1 is 0.313 bits per heavy atom. The van der Waals surface area contributed by atoms with Gasteiger partial charge in [0.15, 0.2) is 6.10 Å². The lowest BCUT2D eigenvalue weighted by molar-refractivity contribution is -0.167. The molecule has 0 spiro atoms. The predicted molar refractivity (Wildman–Crippen MR) is 288 cm³/mol. The Morgan fingerprint density at radius 2 is 0.597 bits per heavy atom. The Labute approximate surface area is 412 Å². The molecule has 0 aliphatic heterocycles. The molecule has 1 atom stereocenters. The van der Waals surface area contributed by atoms with Crippen molar-refractivity contribution in [1.82, 2.24) is 0 Å². The first-order chi connectivity index (χ1) is 33.0. The van der Waals surface area contributed by atoms with Gasteiger partial charge in [0.2, 0.25) is 0 Å². The zero-order valence-corrected chi connectivity index (χ0v) is 43.4. The van der Waals surface area contributed by atoms with Crippen LogP contribution in [0.2, 0.25) is 0 Å². The molecule has 6 heteroatoms. The van der Waals surface area contributed by atoms with E-state index in [1.54, 1.807) is 0 Å². The monoisotopic (exact) mass is 929 g/mol. The molecule has 0 N–H and O–H groups in total. The summed E-state index contributed by atoms with van der Waals surface area (Å²) >= 11 is 0. The highest BCUT2D eigenvalue weighted by Crippen LogP contribution is 2.15. The van der Waals surface area contributed by atoms with Gasteiger partial charge in [0.05, 0.1) is 0 Å². The number of rotatable bonds is 48. The van der Waals surface area contributed by atoms with Crippen molar-refractivity contribution in [3.05, 3.63) is 109 Å². The molecule has 0 aromatic carbocycles. The van der Waals surface area contributed by atoms with Gasteiger partial charge in [-0.15, -0.1) is 0 Å². The minimum atomic E-state index is -0.818. The van der Waals surface area contributed by atoms with Crippen molar-refractivity contribution < 1.29 is 28.6 Å². The van der Waals surface area contributed by atoms with Crippen LogP contribution in [0.15, 0.2) is 109 Å². The second-order valence-electron chi connectivity index (χ2n) is 17.7. The van der Waals surface area contributed by atoms with Gasteiger partial charge in [-0.05, 0) is 96.3 Å². The van der Waals surface area contributed by atoms with Crippen molar-refractivity contribution >= 4 is 17.9 Å². The predicted octanol–water partition coefficient (Wildman–Crippen LogP) is 18.3. The highest BCUT2D eigenvalue weighted by Gasteiger charge is 2.19. The molecule has 0 saturated carbocycles. The van der Waals surface area contributed by atoms with Gasteiger partial charge >= 0.3 is 17.9 Å². The highest BCUT2D eigenvalue weighted by molar-refractivity contribution is 5.71. The van der Waals surface area contributed by atoms with Crippen LogP contribution in [0.4, 0.5) is 0 Å². The molecule has 0 aliphatic rings. The lowest BCUT2D eigenvalue weighted by atomic mass is 10.0. The number of hydrogen-bond acceptors (Lipinski definition) is 6. The minimum absolute atomic E-state index is 0.117. The summed E-state index contributed by atoms with van der Waals surface area (Å²) in [5, 5.41) is 0. The van der Waals surface area contributed by atoms with Gasteiger partial charge in [0.25, 0.3) is 0 Å².